The zero-order valence-electron chi connectivity index (χ0n) is 12.4. The first-order valence-electron chi connectivity index (χ1n) is 7.17. The molecule has 0 unspecified atom stereocenters. The van der Waals surface area contributed by atoms with Gasteiger partial charge in [-0.05, 0) is 24.8 Å². The monoisotopic (exact) mass is 262 g/mol. The van der Waals surface area contributed by atoms with Crippen LogP contribution in [-0.4, -0.2) is 23.9 Å². The Morgan fingerprint density at radius 1 is 1.21 bits per heavy atom. The second kappa shape index (κ2) is 8.08. The van der Waals surface area contributed by atoms with Crippen molar-refractivity contribution in [1.82, 2.24) is 5.01 Å². The average molecular weight is 262 g/mol. The summed E-state index contributed by atoms with van der Waals surface area (Å²) in [6, 6.07) is 7.97. The topological polar surface area (TPSA) is 46.3 Å². The third-order valence-electron chi connectivity index (χ3n) is 3.18. The van der Waals surface area contributed by atoms with E-state index in [0.29, 0.717) is 0 Å². The number of nitrogens with two attached hydrogens (primary N) is 1. The molecule has 2 N–H and O–H groups in total. The number of carbonyl (C=O) groups excluding carboxylic acids is 1. The highest BCUT2D eigenvalue weighted by Gasteiger charge is 2.09. The van der Waals surface area contributed by atoms with Crippen LogP contribution >= 0.6 is 0 Å². The third kappa shape index (κ3) is 5.53. The van der Waals surface area contributed by atoms with Gasteiger partial charge in [-0.2, -0.15) is 0 Å². The Balaban J connectivity index is 2.42. The molecule has 0 saturated carbocycles. The maximum Gasteiger partial charge on any atom is 0.165 e. The summed E-state index contributed by atoms with van der Waals surface area (Å²) in [7, 11) is 0. The second-order valence-corrected chi connectivity index (χ2v) is 5.36. The van der Waals surface area contributed by atoms with Crippen molar-refractivity contribution < 1.29 is 4.79 Å². The van der Waals surface area contributed by atoms with Crippen LogP contribution in [0.4, 0.5) is 0 Å². The lowest BCUT2D eigenvalue weighted by molar-refractivity contribution is 0.0939. The van der Waals surface area contributed by atoms with Crippen LogP contribution in [0.2, 0.25) is 0 Å². The molecule has 0 radical (unpaired) electrons. The number of nitrogens with zero attached hydrogens (tertiary/aromatic N) is 1. The van der Waals surface area contributed by atoms with Crippen molar-refractivity contribution in [2.75, 3.05) is 13.1 Å². The van der Waals surface area contributed by atoms with Gasteiger partial charge in [-0.3, -0.25) is 10.6 Å². The molecule has 0 aromatic heterocycles. The summed E-state index contributed by atoms with van der Waals surface area (Å²) in [4.78, 5) is 11.8. The minimum absolute atomic E-state index is 0.0608. The number of hydrazine groups is 1. The molecule has 106 valence electrons. The molecule has 0 aliphatic carbocycles. The first kappa shape index (κ1) is 15.9. The van der Waals surface area contributed by atoms with Crippen LogP contribution in [0.25, 0.3) is 0 Å². The summed E-state index contributed by atoms with van der Waals surface area (Å²) in [5.41, 5.74) is 2.08. The van der Waals surface area contributed by atoms with Crippen LogP contribution in [0.5, 0.6) is 0 Å². The van der Waals surface area contributed by atoms with Crippen LogP contribution in [-0.2, 0) is 6.42 Å². The SMILES string of the molecule is CCCN(N)CCCc1ccc(C(=O)C(C)C)cc1. The molecule has 3 nitrogen and oxygen atoms in total. The quantitative estimate of drug-likeness (QED) is 0.445. The molecule has 19 heavy (non-hydrogen) atoms. The van der Waals surface area contributed by atoms with Gasteiger partial charge in [0.2, 0.25) is 0 Å². The number of aryl methyl sites for hydroxylation is 1. The van der Waals surface area contributed by atoms with Crippen molar-refractivity contribution in [3.63, 3.8) is 0 Å². The molecular weight excluding hydrogens is 236 g/mol. The van der Waals surface area contributed by atoms with Gasteiger partial charge in [0, 0.05) is 24.6 Å². The molecule has 1 aromatic rings. The molecule has 1 rings (SSSR count). The number of Topliss-reactive ketones (excluding diaryl/α,β-unsaturated/α-hetero) is 1. The molecule has 0 heterocycles. The lowest BCUT2D eigenvalue weighted by Gasteiger charge is -2.14. The van der Waals surface area contributed by atoms with Gasteiger partial charge in [0.25, 0.3) is 0 Å². The Kier molecular flexibility index (Phi) is 6.74. The zero-order chi connectivity index (χ0) is 14.3. The molecule has 0 bridgehead atoms. The van der Waals surface area contributed by atoms with E-state index in [4.69, 9.17) is 5.84 Å². The summed E-state index contributed by atoms with van der Waals surface area (Å²) in [5, 5.41) is 1.87. The fourth-order valence-electron chi connectivity index (χ4n) is 2.05. The van der Waals surface area contributed by atoms with Crippen molar-refractivity contribution in [1.29, 1.82) is 0 Å². The normalized spacial score (nSPS) is 11.3. The molecule has 0 atom stereocenters. The third-order valence-corrected chi connectivity index (χ3v) is 3.18. The lowest BCUT2D eigenvalue weighted by atomic mass is 9.99. The van der Waals surface area contributed by atoms with E-state index < -0.39 is 0 Å². The van der Waals surface area contributed by atoms with E-state index in [9.17, 15) is 4.79 Å². The second-order valence-electron chi connectivity index (χ2n) is 5.36. The van der Waals surface area contributed by atoms with Crippen LogP contribution < -0.4 is 5.84 Å². The van der Waals surface area contributed by atoms with Gasteiger partial charge in [0.05, 0.1) is 0 Å². The van der Waals surface area contributed by atoms with E-state index in [-0.39, 0.29) is 11.7 Å². The Labute approximate surface area is 116 Å². The van der Waals surface area contributed by atoms with Crippen molar-refractivity contribution in [3.05, 3.63) is 35.4 Å². The van der Waals surface area contributed by atoms with Gasteiger partial charge in [0.15, 0.2) is 5.78 Å². The molecule has 0 fully saturated rings. The van der Waals surface area contributed by atoms with E-state index in [1.54, 1.807) is 0 Å². The summed E-state index contributed by atoms with van der Waals surface area (Å²) < 4.78 is 0. The molecule has 1 aromatic carbocycles. The molecule has 0 saturated heterocycles. The maximum atomic E-state index is 11.8. The highest BCUT2D eigenvalue weighted by atomic mass is 16.1. The van der Waals surface area contributed by atoms with Crippen LogP contribution in [0.15, 0.2) is 24.3 Å². The Hall–Kier alpha value is -1.19. The number of hydrogen-bond acceptors (Lipinski definition) is 3. The molecule has 0 aliphatic rings. The Morgan fingerprint density at radius 2 is 1.84 bits per heavy atom. The fourth-order valence-corrected chi connectivity index (χ4v) is 2.05. The van der Waals surface area contributed by atoms with E-state index in [0.717, 1.165) is 37.9 Å². The van der Waals surface area contributed by atoms with E-state index in [1.807, 2.05) is 31.0 Å². The Bertz CT molecular complexity index is 384. The smallest absolute Gasteiger partial charge is 0.165 e. The summed E-state index contributed by atoms with van der Waals surface area (Å²) in [5.74, 6) is 6.11. The summed E-state index contributed by atoms with van der Waals surface area (Å²) in [6.07, 6.45) is 3.14. The van der Waals surface area contributed by atoms with Gasteiger partial charge in [-0.25, -0.2) is 5.01 Å². The van der Waals surface area contributed by atoms with Crippen LogP contribution in [0, 0.1) is 5.92 Å². The minimum Gasteiger partial charge on any atom is -0.294 e. The first-order valence-corrected chi connectivity index (χ1v) is 7.17. The van der Waals surface area contributed by atoms with Gasteiger partial charge < -0.3 is 0 Å². The summed E-state index contributed by atoms with van der Waals surface area (Å²) >= 11 is 0. The maximum absolute atomic E-state index is 11.8. The number of carbonyl (C=O) groups is 1. The minimum atomic E-state index is 0.0608. The predicted octanol–water partition coefficient (Wildman–Crippen LogP) is 3.04. The number of ketones is 1. The van der Waals surface area contributed by atoms with Gasteiger partial charge >= 0.3 is 0 Å². The number of benzene rings is 1. The van der Waals surface area contributed by atoms with Crippen molar-refractivity contribution in [2.45, 2.75) is 40.0 Å². The highest BCUT2D eigenvalue weighted by Crippen LogP contribution is 2.11. The van der Waals surface area contributed by atoms with Gasteiger partial charge in [0.1, 0.15) is 0 Å². The van der Waals surface area contributed by atoms with Crippen molar-refractivity contribution in [2.24, 2.45) is 11.8 Å². The van der Waals surface area contributed by atoms with Crippen LogP contribution in [0.3, 0.4) is 0 Å². The number of rotatable bonds is 8. The van der Waals surface area contributed by atoms with Crippen molar-refractivity contribution in [3.8, 4) is 0 Å². The van der Waals surface area contributed by atoms with Crippen LogP contribution in [0.1, 0.15) is 49.5 Å². The first-order chi connectivity index (χ1) is 9.04. The molecule has 0 spiro atoms. The van der Waals surface area contributed by atoms with E-state index >= 15 is 0 Å². The van der Waals surface area contributed by atoms with E-state index in [2.05, 4.69) is 19.1 Å². The summed E-state index contributed by atoms with van der Waals surface area (Å²) in [6.45, 7) is 7.85. The zero-order valence-corrected chi connectivity index (χ0v) is 12.4. The largest absolute Gasteiger partial charge is 0.294 e. The molecule has 0 aliphatic heterocycles. The van der Waals surface area contributed by atoms with E-state index in [1.165, 1.54) is 5.56 Å². The Morgan fingerprint density at radius 3 is 2.37 bits per heavy atom. The highest BCUT2D eigenvalue weighted by molar-refractivity contribution is 5.97. The lowest BCUT2D eigenvalue weighted by Crippen LogP contribution is -2.32. The average Bonchev–Trinajstić information content (AvgIpc) is 2.39. The van der Waals surface area contributed by atoms with Crippen molar-refractivity contribution >= 4 is 5.78 Å². The fraction of sp³-hybridized carbons (Fsp3) is 0.562. The van der Waals surface area contributed by atoms with Gasteiger partial charge in [-0.1, -0.05) is 45.0 Å². The van der Waals surface area contributed by atoms with Gasteiger partial charge in [-0.15, -0.1) is 0 Å². The molecular formula is C16H26N2O. The molecule has 0 amide bonds. The standard InChI is InChI=1S/C16H26N2O/c1-4-11-18(17)12-5-6-14-7-9-15(10-8-14)16(19)13(2)3/h7-10,13H,4-6,11-12,17H2,1-3H3. The molecule has 3 heteroatoms. The number of hydrogen-bond donors (Lipinski definition) is 1. The predicted molar refractivity (Wildman–Crippen MR) is 80.0 cm³/mol.